The van der Waals surface area contributed by atoms with Gasteiger partial charge in [-0.3, -0.25) is 14.6 Å². The second-order valence-corrected chi connectivity index (χ2v) is 9.77. The molecule has 6 nitrogen and oxygen atoms in total. The van der Waals surface area contributed by atoms with Gasteiger partial charge in [-0.05, 0) is 55.5 Å². The number of hydroxylamine groups is 2. The third-order valence-electron chi connectivity index (χ3n) is 5.23. The van der Waals surface area contributed by atoms with Gasteiger partial charge in [-0.25, -0.2) is 10.0 Å². The fourth-order valence-electron chi connectivity index (χ4n) is 3.74. The second-order valence-electron chi connectivity index (χ2n) is 8.83. The Labute approximate surface area is 198 Å². The van der Waals surface area contributed by atoms with Crippen LogP contribution >= 0.6 is 11.3 Å². The molecule has 1 amide bonds. The van der Waals surface area contributed by atoms with Crippen molar-refractivity contribution in [3.05, 3.63) is 83.9 Å². The van der Waals surface area contributed by atoms with Crippen molar-refractivity contribution in [2.45, 2.75) is 38.8 Å². The fourth-order valence-corrected chi connectivity index (χ4v) is 4.47. The number of benzene rings is 1. The van der Waals surface area contributed by atoms with Crippen LogP contribution in [0.3, 0.4) is 0 Å². The Hall–Kier alpha value is -3.29. The Bertz CT molecular complexity index is 1180. The van der Waals surface area contributed by atoms with Gasteiger partial charge in [0.2, 0.25) is 6.41 Å². The molecule has 0 fully saturated rings. The maximum atomic E-state index is 12.1. The standard InChI is InChI=1S/C26H28N4O2S/c1-26(2,3)32-30(18-31)22(16-21-8-5-6-14-27-21)25-28-17-23(29(25)4)19-10-12-20(13-11-19)24-9-7-15-33-24/h5-15,17-18,22H,16H2,1-4H3. The molecule has 4 aromatic rings. The van der Waals surface area contributed by atoms with Crippen LogP contribution < -0.4 is 0 Å². The molecule has 1 aromatic carbocycles. The minimum absolute atomic E-state index is 0.430. The Morgan fingerprint density at radius 2 is 1.82 bits per heavy atom. The molecular formula is C26H28N4O2S. The van der Waals surface area contributed by atoms with Crippen molar-refractivity contribution in [2.75, 3.05) is 0 Å². The van der Waals surface area contributed by atoms with Crippen LogP contribution in [0.15, 0.2) is 72.4 Å². The van der Waals surface area contributed by atoms with E-state index in [-0.39, 0.29) is 0 Å². The van der Waals surface area contributed by atoms with E-state index in [4.69, 9.17) is 9.82 Å². The summed E-state index contributed by atoms with van der Waals surface area (Å²) in [5.41, 5.74) is 3.54. The summed E-state index contributed by atoms with van der Waals surface area (Å²) in [6.45, 7) is 5.75. The lowest BCUT2D eigenvalue weighted by molar-refractivity contribution is -0.235. The minimum Gasteiger partial charge on any atom is -0.329 e. The van der Waals surface area contributed by atoms with E-state index in [0.29, 0.717) is 6.42 Å². The van der Waals surface area contributed by atoms with Crippen LogP contribution in [0, 0.1) is 0 Å². The van der Waals surface area contributed by atoms with Crippen molar-refractivity contribution in [3.8, 4) is 21.7 Å². The number of carbonyl (C=O) groups excluding carboxylic acids is 1. The summed E-state index contributed by atoms with van der Waals surface area (Å²) >= 11 is 1.72. The SMILES string of the molecule is Cn1c(-c2ccc(-c3cccs3)cc2)cnc1C(Cc1ccccn1)N(C=O)OC(C)(C)C. The Balaban J connectivity index is 1.68. The fraction of sp³-hybridized carbons (Fsp3) is 0.269. The van der Waals surface area contributed by atoms with E-state index >= 15 is 0 Å². The van der Waals surface area contributed by atoms with E-state index in [2.05, 4.69) is 46.8 Å². The Kier molecular flexibility index (Phi) is 6.72. The molecule has 0 aliphatic rings. The van der Waals surface area contributed by atoms with E-state index in [1.807, 2.05) is 56.8 Å². The van der Waals surface area contributed by atoms with Crippen LogP contribution in [0.1, 0.15) is 38.3 Å². The third-order valence-corrected chi connectivity index (χ3v) is 6.15. The van der Waals surface area contributed by atoms with Crippen LogP contribution in [0.5, 0.6) is 0 Å². The number of aromatic nitrogens is 3. The van der Waals surface area contributed by atoms with Crippen LogP contribution in [-0.4, -0.2) is 31.6 Å². The normalized spacial score (nSPS) is 12.5. The lowest BCUT2D eigenvalue weighted by atomic mass is 10.1. The number of hydrogen-bond donors (Lipinski definition) is 0. The lowest BCUT2D eigenvalue weighted by Gasteiger charge is -2.32. The number of rotatable bonds is 8. The first-order valence-corrected chi connectivity index (χ1v) is 11.7. The molecule has 170 valence electrons. The van der Waals surface area contributed by atoms with Crippen molar-refractivity contribution < 1.29 is 9.63 Å². The summed E-state index contributed by atoms with van der Waals surface area (Å²) in [6.07, 6.45) is 4.81. The van der Waals surface area contributed by atoms with E-state index in [0.717, 1.165) is 29.2 Å². The van der Waals surface area contributed by atoms with E-state index in [1.165, 1.54) is 15.5 Å². The van der Waals surface area contributed by atoms with Crippen molar-refractivity contribution >= 4 is 17.7 Å². The molecule has 0 radical (unpaired) electrons. The van der Waals surface area contributed by atoms with Crippen LogP contribution in [0.4, 0.5) is 0 Å². The first kappa shape index (κ1) is 22.9. The quantitative estimate of drug-likeness (QED) is 0.251. The summed E-state index contributed by atoms with van der Waals surface area (Å²) in [6, 6.07) is 18.0. The summed E-state index contributed by atoms with van der Waals surface area (Å²) in [7, 11) is 1.97. The molecule has 3 aromatic heterocycles. The minimum atomic E-state index is -0.533. The van der Waals surface area contributed by atoms with E-state index < -0.39 is 11.6 Å². The van der Waals surface area contributed by atoms with Gasteiger partial charge in [-0.1, -0.05) is 36.4 Å². The highest BCUT2D eigenvalue weighted by molar-refractivity contribution is 7.13. The topological polar surface area (TPSA) is 60.2 Å². The number of pyridine rings is 1. The number of carbonyl (C=O) groups is 1. The number of hydrogen-bond acceptors (Lipinski definition) is 5. The average molecular weight is 461 g/mol. The summed E-state index contributed by atoms with van der Waals surface area (Å²) < 4.78 is 2.02. The molecule has 1 atom stereocenters. The Morgan fingerprint density at radius 3 is 2.42 bits per heavy atom. The zero-order valence-electron chi connectivity index (χ0n) is 19.3. The van der Waals surface area contributed by atoms with Gasteiger partial charge in [0.05, 0.1) is 17.5 Å². The maximum absolute atomic E-state index is 12.1. The molecule has 0 bridgehead atoms. The van der Waals surface area contributed by atoms with Gasteiger partial charge in [-0.2, -0.15) is 0 Å². The van der Waals surface area contributed by atoms with Crippen molar-refractivity contribution in [1.82, 2.24) is 19.6 Å². The first-order valence-electron chi connectivity index (χ1n) is 10.8. The lowest BCUT2D eigenvalue weighted by Crippen LogP contribution is -2.38. The third kappa shape index (κ3) is 5.38. The number of nitrogens with zero attached hydrogens (tertiary/aromatic N) is 4. The highest BCUT2D eigenvalue weighted by Crippen LogP contribution is 2.31. The molecule has 0 spiro atoms. The molecular weight excluding hydrogens is 432 g/mol. The monoisotopic (exact) mass is 460 g/mol. The molecule has 0 saturated carbocycles. The predicted molar refractivity (Wildman–Crippen MR) is 131 cm³/mol. The van der Waals surface area contributed by atoms with Gasteiger partial charge in [0.1, 0.15) is 11.9 Å². The molecule has 0 N–H and O–H groups in total. The van der Waals surface area contributed by atoms with Crippen LogP contribution in [0.25, 0.3) is 21.7 Å². The van der Waals surface area contributed by atoms with Gasteiger partial charge in [-0.15, -0.1) is 11.3 Å². The first-order chi connectivity index (χ1) is 15.9. The van der Waals surface area contributed by atoms with Gasteiger partial charge < -0.3 is 4.57 Å². The zero-order valence-corrected chi connectivity index (χ0v) is 20.1. The van der Waals surface area contributed by atoms with Gasteiger partial charge >= 0.3 is 0 Å². The van der Waals surface area contributed by atoms with E-state index in [9.17, 15) is 4.79 Å². The largest absolute Gasteiger partial charge is 0.329 e. The zero-order chi connectivity index (χ0) is 23.4. The molecule has 1 unspecified atom stereocenters. The van der Waals surface area contributed by atoms with Gasteiger partial charge in [0.15, 0.2) is 0 Å². The summed E-state index contributed by atoms with van der Waals surface area (Å²) in [5, 5.41) is 3.44. The molecule has 0 aliphatic heterocycles. The second kappa shape index (κ2) is 9.68. The number of amides is 1. The number of thiophene rings is 1. The van der Waals surface area contributed by atoms with Crippen molar-refractivity contribution in [1.29, 1.82) is 0 Å². The van der Waals surface area contributed by atoms with Crippen LogP contribution in [-0.2, 0) is 23.1 Å². The maximum Gasteiger partial charge on any atom is 0.234 e. The Morgan fingerprint density at radius 1 is 1.06 bits per heavy atom. The van der Waals surface area contributed by atoms with Gasteiger partial charge in [0, 0.05) is 30.2 Å². The predicted octanol–water partition coefficient (Wildman–Crippen LogP) is 5.68. The van der Waals surface area contributed by atoms with Crippen molar-refractivity contribution in [3.63, 3.8) is 0 Å². The van der Waals surface area contributed by atoms with E-state index in [1.54, 1.807) is 17.5 Å². The molecule has 33 heavy (non-hydrogen) atoms. The summed E-state index contributed by atoms with van der Waals surface area (Å²) in [5.74, 6) is 0.731. The molecule has 4 rings (SSSR count). The smallest absolute Gasteiger partial charge is 0.234 e. The molecule has 0 saturated heterocycles. The van der Waals surface area contributed by atoms with Gasteiger partial charge in [0.25, 0.3) is 0 Å². The summed E-state index contributed by atoms with van der Waals surface area (Å²) in [4.78, 5) is 28.5. The average Bonchev–Trinajstić information content (AvgIpc) is 3.47. The molecule has 0 aliphatic carbocycles. The molecule has 7 heteroatoms. The van der Waals surface area contributed by atoms with Crippen molar-refractivity contribution in [2.24, 2.45) is 7.05 Å². The van der Waals surface area contributed by atoms with Crippen LogP contribution in [0.2, 0.25) is 0 Å². The highest BCUT2D eigenvalue weighted by atomic mass is 32.1. The molecule has 3 heterocycles. The number of imidazole rings is 1. The highest BCUT2D eigenvalue weighted by Gasteiger charge is 2.29.